The molecule has 0 bridgehead atoms. The number of nitro groups is 1. The summed E-state index contributed by atoms with van der Waals surface area (Å²) in [4.78, 5) is 22.6. The summed E-state index contributed by atoms with van der Waals surface area (Å²) < 4.78 is 25.1. The largest absolute Gasteiger partial charge is 0.396 e. The second kappa shape index (κ2) is 6.91. The van der Waals surface area contributed by atoms with Gasteiger partial charge in [-0.05, 0) is 0 Å². The molecule has 0 amide bonds. The maximum atomic E-state index is 12.6. The van der Waals surface area contributed by atoms with Crippen molar-refractivity contribution in [2.45, 2.75) is 7.43 Å². The molecule has 0 aromatic carbocycles. The minimum absolute atomic E-state index is 0. The number of fused-ring (bicyclic) bond motifs is 2. The topological polar surface area (TPSA) is 127 Å². The molecular weight excluding hydrogens is 334 g/mol. The quantitative estimate of drug-likeness (QED) is 0.358. The number of nitrogen functional groups attached to an aromatic ring is 1. The van der Waals surface area contributed by atoms with Gasteiger partial charge in [0, 0.05) is 18.3 Å². The van der Waals surface area contributed by atoms with Crippen LogP contribution in [0.1, 0.15) is 7.43 Å². The molecule has 0 saturated carbocycles. The first-order valence-electron chi connectivity index (χ1n) is 6.61. The Morgan fingerprint density at radius 2 is 1.52 bits per heavy atom. The summed E-state index contributed by atoms with van der Waals surface area (Å²) in [7, 11) is 0. The van der Waals surface area contributed by atoms with Crippen LogP contribution in [0.15, 0.2) is 36.9 Å². The second-order valence-corrected chi connectivity index (χ2v) is 4.77. The highest BCUT2D eigenvalue weighted by atomic mass is 19.1. The molecule has 0 unspecified atom stereocenters. The first-order valence-corrected chi connectivity index (χ1v) is 6.61. The van der Waals surface area contributed by atoms with E-state index in [1.165, 1.54) is 12.3 Å². The van der Waals surface area contributed by atoms with Gasteiger partial charge in [-0.15, -0.1) is 0 Å². The molecule has 0 aliphatic carbocycles. The van der Waals surface area contributed by atoms with Crippen molar-refractivity contribution in [1.29, 1.82) is 0 Å². The predicted octanol–water partition coefficient (Wildman–Crippen LogP) is 3.53. The molecule has 4 aromatic heterocycles. The molecule has 0 fully saturated rings. The zero-order valence-electron chi connectivity index (χ0n) is 12.0. The average Bonchev–Trinajstić information content (AvgIpc) is 3.11. The second-order valence-electron chi connectivity index (χ2n) is 4.77. The van der Waals surface area contributed by atoms with E-state index >= 15 is 0 Å². The van der Waals surface area contributed by atoms with Gasteiger partial charge in [-0.3, -0.25) is 10.1 Å². The summed E-state index contributed by atoms with van der Waals surface area (Å²) in [6.07, 6.45) is 4.88. The summed E-state index contributed by atoms with van der Waals surface area (Å²) in [6, 6.07) is 2.52. The Morgan fingerprint density at radius 3 is 2.12 bits per heavy atom. The molecule has 4 aromatic rings. The Balaban J connectivity index is 0.000000175. The summed E-state index contributed by atoms with van der Waals surface area (Å²) in [5, 5.41) is 10.4. The Kier molecular flexibility index (Phi) is 4.92. The van der Waals surface area contributed by atoms with E-state index in [-0.39, 0.29) is 24.4 Å². The van der Waals surface area contributed by atoms with Gasteiger partial charge in [-0.1, -0.05) is 7.43 Å². The molecule has 8 nitrogen and oxygen atoms in total. The van der Waals surface area contributed by atoms with E-state index in [9.17, 15) is 18.9 Å². The van der Waals surface area contributed by atoms with Gasteiger partial charge in [-0.2, -0.15) is 0 Å². The molecule has 0 aliphatic heterocycles. The number of nitrogens with one attached hydrogen (secondary N) is 2. The third-order valence-electron chi connectivity index (χ3n) is 3.17. The number of hydrogen-bond donors (Lipinski definition) is 3. The number of anilines is 1. The molecule has 0 atom stereocenters. The highest BCUT2D eigenvalue weighted by molar-refractivity contribution is 5.87. The van der Waals surface area contributed by atoms with Crippen LogP contribution in [0.5, 0.6) is 0 Å². The molecule has 4 heterocycles. The minimum atomic E-state index is -0.566. The SMILES string of the molecule is C.Nc1c[nH]c2cc(F)cnc12.O=[N+]([O-])c1c[nH]c2cc(F)cnc12. The van der Waals surface area contributed by atoms with Crippen LogP contribution in [0, 0.1) is 21.7 Å². The van der Waals surface area contributed by atoms with Crippen LogP contribution in [0.2, 0.25) is 0 Å². The fraction of sp³-hybridized carbons (Fsp3) is 0.0667. The Bertz CT molecular complexity index is 1040. The lowest BCUT2D eigenvalue weighted by atomic mass is 10.3. The number of nitrogens with two attached hydrogens (primary N) is 1. The van der Waals surface area contributed by atoms with Crippen molar-refractivity contribution in [2.24, 2.45) is 0 Å². The van der Waals surface area contributed by atoms with Gasteiger partial charge in [0.05, 0.1) is 40.2 Å². The van der Waals surface area contributed by atoms with Crippen molar-refractivity contribution in [3.8, 4) is 0 Å². The lowest BCUT2D eigenvalue weighted by Gasteiger charge is -1.89. The third-order valence-corrected chi connectivity index (χ3v) is 3.17. The van der Waals surface area contributed by atoms with Gasteiger partial charge >= 0.3 is 5.69 Å². The van der Waals surface area contributed by atoms with Crippen molar-refractivity contribution < 1.29 is 13.7 Å². The first-order chi connectivity index (χ1) is 11.5. The Hall–Kier alpha value is -3.56. The van der Waals surface area contributed by atoms with Crippen LogP contribution in [0.25, 0.3) is 22.1 Å². The fourth-order valence-corrected chi connectivity index (χ4v) is 2.11. The highest BCUT2D eigenvalue weighted by Gasteiger charge is 2.14. The van der Waals surface area contributed by atoms with Gasteiger partial charge < -0.3 is 15.7 Å². The van der Waals surface area contributed by atoms with Gasteiger partial charge in [0.15, 0.2) is 5.52 Å². The number of rotatable bonds is 1. The van der Waals surface area contributed by atoms with E-state index in [0.717, 1.165) is 18.5 Å². The van der Waals surface area contributed by atoms with E-state index in [1.54, 1.807) is 6.20 Å². The van der Waals surface area contributed by atoms with Gasteiger partial charge in [0.2, 0.25) is 0 Å². The van der Waals surface area contributed by atoms with Crippen molar-refractivity contribution in [3.05, 3.63) is 58.7 Å². The standard InChI is InChI=1S/C7H4FN3O2.C7H6FN3.CH4/c8-4-1-5-7(10-2-4)6(3-9-5)11(12)13;8-4-1-6-7(11-2-4)5(9)3-10-6;/h1-3,9H;1-3,10H,9H2;1H4. The lowest BCUT2D eigenvalue weighted by Crippen LogP contribution is -1.87. The molecule has 0 saturated heterocycles. The minimum Gasteiger partial charge on any atom is -0.396 e. The monoisotopic (exact) mass is 348 g/mol. The predicted molar refractivity (Wildman–Crippen MR) is 89.9 cm³/mol. The number of aromatic nitrogens is 4. The van der Waals surface area contributed by atoms with Crippen LogP contribution < -0.4 is 5.73 Å². The number of H-pyrrole nitrogens is 2. The summed E-state index contributed by atoms with van der Waals surface area (Å²) >= 11 is 0. The molecule has 0 radical (unpaired) electrons. The van der Waals surface area contributed by atoms with Crippen molar-refractivity contribution >= 4 is 33.4 Å². The van der Waals surface area contributed by atoms with E-state index in [2.05, 4.69) is 19.9 Å². The fourth-order valence-electron chi connectivity index (χ4n) is 2.11. The number of pyridine rings is 2. The number of aromatic amines is 2. The third kappa shape index (κ3) is 3.52. The highest BCUT2D eigenvalue weighted by Crippen LogP contribution is 2.22. The van der Waals surface area contributed by atoms with Gasteiger partial charge in [0.25, 0.3) is 0 Å². The molecule has 0 spiro atoms. The zero-order valence-corrected chi connectivity index (χ0v) is 12.0. The van der Waals surface area contributed by atoms with Crippen LogP contribution in [-0.2, 0) is 0 Å². The van der Waals surface area contributed by atoms with E-state index in [4.69, 9.17) is 5.73 Å². The van der Waals surface area contributed by atoms with Crippen molar-refractivity contribution in [2.75, 3.05) is 5.73 Å². The molecule has 4 rings (SSSR count). The average molecular weight is 348 g/mol. The number of hydrogen-bond acceptors (Lipinski definition) is 5. The Labute approximate surface area is 139 Å². The Morgan fingerprint density at radius 1 is 1.00 bits per heavy atom. The van der Waals surface area contributed by atoms with Crippen molar-refractivity contribution in [3.63, 3.8) is 0 Å². The first kappa shape index (κ1) is 17.8. The normalized spacial score (nSPS) is 10.2. The summed E-state index contributed by atoms with van der Waals surface area (Å²) in [6.45, 7) is 0. The molecular formula is C15H14F2N6O2. The van der Waals surface area contributed by atoms with Crippen LogP contribution in [0.4, 0.5) is 20.2 Å². The van der Waals surface area contributed by atoms with Gasteiger partial charge in [-0.25, -0.2) is 18.7 Å². The maximum Gasteiger partial charge on any atom is 0.312 e. The van der Waals surface area contributed by atoms with E-state index < -0.39 is 10.7 Å². The molecule has 130 valence electrons. The molecule has 10 heteroatoms. The summed E-state index contributed by atoms with van der Waals surface area (Å²) in [5.74, 6) is -0.886. The van der Waals surface area contributed by atoms with E-state index in [0.29, 0.717) is 22.2 Å². The number of halogens is 2. The molecule has 0 aliphatic rings. The van der Waals surface area contributed by atoms with Crippen LogP contribution in [-0.4, -0.2) is 24.9 Å². The molecule has 4 N–H and O–H groups in total. The van der Waals surface area contributed by atoms with Gasteiger partial charge in [0.1, 0.15) is 17.2 Å². The maximum absolute atomic E-state index is 12.6. The van der Waals surface area contributed by atoms with Crippen LogP contribution in [0.3, 0.4) is 0 Å². The molecule has 25 heavy (non-hydrogen) atoms. The lowest BCUT2D eigenvalue weighted by molar-refractivity contribution is -0.383. The van der Waals surface area contributed by atoms with Crippen molar-refractivity contribution in [1.82, 2.24) is 19.9 Å². The van der Waals surface area contributed by atoms with E-state index in [1.807, 2.05) is 0 Å². The zero-order chi connectivity index (χ0) is 17.3. The smallest absolute Gasteiger partial charge is 0.312 e. The summed E-state index contributed by atoms with van der Waals surface area (Å²) in [5.41, 5.74) is 7.65. The number of nitrogens with zero attached hydrogens (tertiary/aromatic N) is 3. The van der Waals surface area contributed by atoms with Crippen LogP contribution >= 0.6 is 0 Å².